The number of hydrogen-bond donors (Lipinski definition) is 1. The molecule has 1 aliphatic rings. The van der Waals surface area contributed by atoms with Gasteiger partial charge < -0.3 is 10.0 Å². The molecule has 1 aliphatic heterocycles. The topological polar surface area (TPSA) is 53.4 Å². The predicted octanol–water partition coefficient (Wildman–Crippen LogP) is 1.05. The van der Waals surface area contributed by atoms with Crippen LogP contribution in [-0.4, -0.2) is 40.6 Å². The van der Waals surface area contributed by atoms with Crippen molar-refractivity contribution in [3.63, 3.8) is 0 Å². The molecule has 0 aliphatic carbocycles. The van der Waals surface area contributed by atoms with Crippen LogP contribution < -0.4 is 0 Å². The second-order valence-electron chi connectivity index (χ2n) is 4.24. The lowest BCUT2D eigenvalue weighted by Gasteiger charge is -2.26. The van der Waals surface area contributed by atoms with Gasteiger partial charge in [0.2, 0.25) is 0 Å². The monoisotopic (exact) mass is 244 g/mol. The molecule has 0 saturated carbocycles. The molecule has 2 rings (SSSR count). The molecule has 1 aromatic rings. The molecule has 0 bridgehead atoms. The zero-order valence-corrected chi connectivity index (χ0v) is 10.2. The van der Waals surface area contributed by atoms with Crippen molar-refractivity contribution in [2.75, 3.05) is 19.7 Å². The van der Waals surface area contributed by atoms with E-state index in [4.69, 9.17) is 5.11 Å². The van der Waals surface area contributed by atoms with E-state index >= 15 is 0 Å². The summed E-state index contributed by atoms with van der Waals surface area (Å²) in [4.78, 5) is 18.1. The predicted molar refractivity (Wildman–Crippen MR) is 68.0 cm³/mol. The van der Waals surface area contributed by atoms with Crippen molar-refractivity contribution in [2.45, 2.75) is 19.3 Å². The van der Waals surface area contributed by atoms with Gasteiger partial charge in [-0.3, -0.25) is 4.79 Å². The number of pyridine rings is 1. The third kappa shape index (κ3) is 3.08. The van der Waals surface area contributed by atoms with Gasteiger partial charge in [0, 0.05) is 24.8 Å². The maximum atomic E-state index is 12.1. The van der Waals surface area contributed by atoms with Crippen LogP contribution >= 0.6 is 0 Å². The summed E-state index contributed by atoms with van der Waals surface area (Å²) < 4.78 is 0. The number of carbonyl (C=O) groups is 1. The Hall–Kier alpha value is -1.86. The van der Waals surface area contributed by atoms with Crippen LogP contribution in [0.15, 0.2) is 18.3 Å². The van der Waals surface area contributed by atoms with E-state index in [1.165, 1.54) is 6.42 Å². The molecule has 1 aromatic heterocycles. The summed E-state index contributed by atoms with van der Waals surface area (Å²) >= 11 is 0. The number of likely N-dealkylation sites (tertiary alicyclic amines) is 1. The largest absolute Gasteiger partial charge is 0.384 e. The molecule has 1 N–H and O–H groups in total. The van der Waals surface area contributed by atoms with E-state index in [0.29, 0.717) is 11.3 Å². The van der Waals surface area contributed by atoms with Crippen LogP contribution in [0.25, 0.3) is 0 Å². The Morgan fingerprint density at radius 2 is 2.11 bits per heavy atom. The first kappa shape index (κ1) is 12.6. The van der Waals surface area contributed by atoms with E-state index in [1.807, 2.05) is 4.90 Å². The highest BCUT2D eigenvalue weighted by atomic mass is 16.2. The molecule has 1 fully saturated rings. The first-order valence-corrected chi connectivity index (χ1v) is 6.16. The number of aliphatic hydroxyl groups excluding tert-OH is 1. The Kier molecular flexibility index (Phi) is 4.32. The molecule has 2 heterocycles. The highest BCUT2D eigenvalue weighted by Crippen LogP contribution is 2.12. The van der Waals surface area contributed by atoms with Gasteiger partial charge in [-0.2, -0.15) is 0 Å². The summed E-state index contributed by atoms with van der Waals surface area (Å²) in [5.41, 5.74) is 1.17. The Bertz CT molecular complexity index is 465. The number of carbonyl (C=O) groups excluding carboxylic acids is 1. The van der Waals surface area contributed by atoms with E-state index in [1.54, 1.807) is 18.3 Å². The second kappa shape index (κ2) is 6.18. The SMILES string of the molecule is O=C(c1ccc(C#CCO)cn1)N1CCCCC1. The van der Waals surface area contributed by atoms with Gasteiger partial charge in [-0.25, -0.2) is 4.98 Å². The summed E-state index contributed by atoms with van der Waals surface area (Å²) in [6.45, 7) is 1.48. The van der Waals surface area contributed by atoms with E-state index in [2.05, 4.69) is 16.8 Å². The minimum absolute atomic E-state index is 0.00336. The molecule has 4 heteroatoms. The minimum Gasteiger partial charge on any atom is -0.384 e. The molecular formula is C14H16N2O2. The summed E-state index contributed by atoms with van der Waals surface area (Å²) in [7, 11) is 0. The van der Waals surface area contributed by atoms with Crippen LogP contribution in [0.4, 0.5) is 0 Å². The highest BCUT2D eigenvalue weighted by molar-refractivity contribution is 5.92. The minimum atomic E-state index is -0.172. The average Bonchev–Trinajstić information content (AvgIpc) is 2.46. The van der Waals surface area contributed by atoms with Gasteiger partial charge in [0.1, 0.15) is 12.3 Å². The van der Waals surface area contributed by atoms with Crippen LogP contribution in [0, 0.1) is 11.8 Å². The molecule has 4 nitrogen and oxygen atoms in total. The molecule has 0 aromatic carbocycles. The molecule has 0 unspecified atom stereocenters. The molecule has 0 radical (unpaired) electrons. The number of nitrogens with zero attached hydrogens (tertiary/aromatic N) is 2. The molecular weight excluding hydrogens is 228 g/mol. The molecule has 18 heavy (non-hydrogen) atoms. The van der Waals surface area contributed by atoms with Crippen molar-refractivity contribution in [2.24, 2.45) is 0 Å². The Labute approximate surface area is 107 Å². The van der Waals surface area contributed by atoms with Crippen LogP contribution in [-0.2, 0) is 0 Å². The normalized spacial score (nSPS) is 14.8. The van der Waals surface area contributed by atoms with Gasteiger partial charge in [0.25, 0.3) is 5.91 Å². The van der Waals surface area contributed by atoms with Gasteiger partial charge in [-0.15, -0.1) is 0 Å². The second-order valence-corrected chi connectivity index (χ2v) is 4.24. The summed E-state index contributed by atoms with van der Waals surface area (Å²) in [5.74, 6) is 5.30. The first-order chi connectivity index (χ1) is 8.81. The molecule has 0 spiro atoms. The third-order valence-electron chi connectivity index (χ3n) is 2.94. The summed E-state index contributed by atoms with van der Waals surface area (Å²) in [6.07, 6.45) is 4.92. The number of rotatable bonds is 1. The first-order valence-electron chi connectivity index (χ1n) is 6.16. The van der Waals surface area contributed by atoms with Gasteiger partial charge in [0.15, 0.2) is 0 Å². The van der Waals surface area contributed by atoms with Crippen molar-refractivity contribution >= 4 is 5.91 Å². The Morgan fingerprint density at radius 3 is 2.72 bits per heavy atom. The fraction of sp³-hybridized carbons (Fsp3) is 0.429. The Morgan fingerprint density at radius 1 is 1.33 bits per heavy atom. The van der Waals surface area contributed by atoms with Crippen molar-refractivity contribution in [1.29, 1.82) is 0 Å². The number of piperidine rings is 1. The highest BCUT2D eigenvalue weighted by Gasteiger charge is 2.18. The zero-order valence-electron chi connectivity index (χ0n) is 10.2. The number of amides is 1. The van der Waals surface area contributed by atoms with Crippen molar-refractivity contribution in [3.05, 3.63) is 29.6 Å². The average molecular weight is 244 g/mol. The smallest absolute Gasteiger partial charge is 0.272 e. The van der Waals surface area contributed by atoms with E-state index in [9.17, 15) is 4.79 Å². The quantitative estimate of drug-likeness (QED) is 0.751. The molecule has 94 valence electrons. The van der Waals surface area contributed by atoms with Crippen molar-refractivity contribution in [1.82, 2.24) is 9.88 Å². The molecule has 1 saturated heterocycles. The van der Waals surface area contributed by atoms with Crippen molar-refractivity contribution < 1.29 is 9.90 Å². The Balaban J connectivity index is 2.06. The van der Waals surface area contributed by atoms with Crippen LogP contribution in [0.1, 0.15) is 35.3 Å². The van der Waals surface area contributed by atoms with Gasteiger partial charge in [0.05, 0.1) is 0 Å². The number of aliphatic hydroxyl groups is 1. The fourth-order valence-electron chi connectivity index (χ4n) is 1.99. The fourth-order valence-corrected chi connectivity index (χ4v) is 1.99. The van der Waals surface area contributed by atoms with Crippen LogP contribution in [0.2, 0.25) is 0 Å². The molecule has 1 amide bonds. The van der Waals surface area contributed by atoms with E-state index < -0.39 is 0 Å². The lowest BCUT2D eigenvalue weighted by Crippen LogP contribution is -2.36. The maximum absolute atomic E-state index is 12.1. The van der Waals surface area contributed by atoms with Crippen LogP contribution in [0.5, 0.6) is 0 Å². The number of aromatic nitrogens is 1. The van der Waals surface area contributed by atoms with Gasteiger partial charge >= 0.3 is 0 Å². The third-order valence-corrected chi connectivity index (χ3v) is 2.94. The number of hydrogen-bond acceptors (Lipinski definition) is 3. The summed E-state index contributed by atoms with van der Waals surface area (Å²) in [6, 6.07) is 3.45. The standard InChI is InChI=1S/C14H16N2O2/c17-10-4-5-12-6-7-13(15-11-12)14(18)16-8-2-1-3-9-16/h6-7,11,17H,1-3,8-10H2. The van der Waals surface area contributed by atoms with Crippen molar-refractivity contribution in [3.8, 4) is 11.8 Å². The lowest BCUT2D eigenvalue weighted by atomic mass is 10.1. The van der Waals surface area contributed by atoms with Crippen LogP contribution in [0.3, 0.4) is 0 Å². The maximum Gasteiger partial charge on any atom is 0.272 e. The van der Waals surface area contributed by atoms with E-state index in [-0.39, 0.29) is 12.5 Å². The molecule has 0 atom stereocenters. The van der Waals surface area contributed by atoms with Gasteiger partial charge in [-0.05, 0) is 31.4 Å². The zero-order chi connectivity index (χ0) is 12.8. The van der Waals surface area contributed by atoms with Gasteiger partial charge in [-0.1, -0.05) is 11.8 Å². The summed E-state index contributed by atoms with van der Waals surface area (Å²) in [5, 5.41) is 8.59. The lowest BCUT2D eigenvalue weighted by molar-refractivity contribution is 0.0718. The van der Waals surface area contributed by atoms with E-state index in [0.717, 1.165) is 25.9 Å².